The third kappa shape index (κ3) is 4.40. The Morgan fingerprint density at radius 2 is 1.72 bits per heavy atom. The van der Waals surface area contributed by atoms with Crippen molar-refractivity contribution in [2.45, 2.75) is 20.0 Å². The molecule has 0 aliphatic carbocycles. The molecule has 0 unspecified atom stereocenters. The molecule has 0 bridgehead atoms. The second-order valence-electron chi connectivity index (χ2n) is 7.44. The third-order valence-electron chi connectivity index (χ3n) is 5.10. The van der Waals surface area contributed by atoms with Gasteiger partial charge in [0.15, 0.2) is 0 Å². The molecular formula is C24H19BrFN3O3. The summed E-state index contributed by atoms with van der Waals surface area (Å²) in [5, 5.41) is 2.81. The largest absolute Gasteiger partial charge is 0.332 e. The maximum absolute atomic E-state index is 14.1. The number of amides is 1. The summed E-state index contributed by atoms with van der Waals surface area (Å²) in [4.78, 5) is 38.9. The molecule has 4 aromatic rings. The Hall–Kier alpha value is -3.52. The second kappa shape index (κ2) is 8.92. The Labute approximate surface area is 191 Å². The van der Waals surface area contributed by atoms with Crippen molar-refractivity contribution in [1.29, 1.82) is 0 Å². The minimum Gasteiger partial charge on any atom is -0.322 e. The summed E-state index contributed by atoms with van der Waals surface area (Å²) >= 11 is 3.17. The van der Waals surface area contributed by atoms with E-state index in [4.69, 9.17) is 0 Å². The lowest BCUT2D eigenvalue weighted by Gasteiger charge is -2.14. The summed E-state index contributed by atoms with van der Waals surface area (Å²) in [6, 6.07) is 18.4. The van der Waals surface area contributed by atoms with Crippen LogP contribution in [0.5, 0.6) is 0 Å². The van der Waals surface area contributed by atoms with E-state index >= 15 is 0 Å². The van der Waals surface area contributed by atoms with Gasteiger partial charge in [-0.25, -0.2) is 9.18 Å². The monoisotopic (exact) mass is 495 g/mol. The molecule has 0 atom stereocenters. The minimum absolute atomic E-state index is 0.00327. The number of anilines is 1. The molecule has 0 aliphatic rings. The van der Waals surface area contributed by atoms with Gasteiger partial charge in [0.2, 0.25) is 5.91 Å². The maximum Gasteiger partial charge on any atom is 0.332 e. The van der Waals surface area contributed by atoms with Crippen LogP contribution in [-0.2, 0) is 17.9 Å². The van der Waals surface area contributed by atoms with Gasteiger partial charge in [-0.1, -0.05) is 57.9 Å². The lowest BCUT2D eigenvalue weighted by Crippen LogP contribution is -2.42. The van der Waals surface area contributed by atoms with E-state index in [1.165, 1.54) is 16.7 Å². The van der Waals surface area contributed by atoms with E-state index in [1.807, 2.05) is 31.2 Å². The molecule has 1 amide bonds. The number of carbonyl (C=O) groups excluding carboxylic acids is 1. The van der Waals surface area contributed by atoms with Crippen molar-refractivity contribution in [3.63, 3.8) is 0 Å². The van der Waals surface area contributed by atoms with Crippen molar-refractivity contribution in [3.05, 3.63) is 109 Å². The summed E-state index contributed by atoms with van der Waals surface area (Å²) in [5.41, 5.74) is 1.16. The maximum atomic E-state index is 14.1. The topological polar surface area (TPSA) is 73.1 Å². The van der Waals surface area contributed by atoms with Crippen molar-refractivity contribution in [3.8, 4) is 0 Å². The molecule has 0 saturated carbocycles. The number of nitrogens with one attached hydrogen (secondary N) is 1. The van der Waals surface area contributed by atoms with E-state index in [1.54, 1.807) is 30.3 Å². The molecule has 8 heteroatoms. The number of aryl methyl sites for hydroxylation is 1. The SMILES string of the molecule is Cc1ccc(Cn2c(=O)c3ccccc3n(CC(=O)Nc3ccc(Br)cc3F)c2=O)cc1. The van der Waals surface area contributed by atoms with Crippen molar-refractivity contribution in [2.24, 2.45) is 0 Å². The predicted octanol–water partition coefficient (Wildman–Crippen LogP) is 4.06. The average molecular weight is 496 g/mol. The van der Waals surface area contributed by atoms with E-state index in [0.717, 1.165) is 15.7 Å². The zero-order chi connectivity index (χ0) is 22.8. The van der Waals surface area contributed by atoms with Gasteiger partial charge in [-0.3, -0.25) is 18.7 Å². The zero-order valence-corrected chi connectivity index (χ0v) is 18.7. The highest BCUT2D eigenvalue weighted by atomic mass is 79.9. The van der Waals surface area contributed by atoms with Crippen molar-refractivity contribution in [1.82, 2.24) is 9.13 Å². The van der Waals surface area contributed by atoms with Crippen molar-refractivity contribution >= 4 is 38.4 Å². The molecule has 1 N–H and O–H groups in total. The van der Waals surface area contributed by atoms with Crippen LogP contribution in [0, 0.1) is 12.7 Å². The molecule has 32 heavy (non-hydrogen) atoms. The molecule has 6 nitrogen and oxygen atoms in total. The summed E-state index contributed by atoms with van der Waals surface area (Å²) in [5.74, 6) is -1.19. The molecule has 0 fully saturated rings. The number of nitrogens with zero attached hydrogens (tertiary/aromatic N) is 2. The van der Waals surface area contributed by atoms with E-state index in [2.05, 4.69) is 21.2 Å². The van der Waals surface area contributed by atoms with Gasteiger partial charge in [0.25, 0.3) is 5.56 Å². The minimum atomic E-state index is -0.610. The zero-order valence-electron chi connectivity index (χ0n) is 17.1. The summed E-state index contributed by atoms with van der Waals surface area (Å²) in [6.45, 7) is 1.65. The summed E-state index contributed by atoms with van der Waals surface area (Å²) in [7, 11) is 0. The van der Waals surface area contributed by atoms with Gasteiger partial charge in [0.05, 0.1) is 23.1 Å². The van der Waals surface area contributed by atoms with Crippen LogP contribution in [0.1, 0.15) is 11.1 Å². The standard InChI is InChI=1S/C24H19BrFN3O3/c1-15-6-8-16(9-7-15)13-29-23(31)18-4-2-3-5-21(18)28(24(29)32)14-22(30)27-20-11-10-17(25)12-19(20)26/h2-12H,13-14H2,1H3,(H,27,30). The molecule has 0 aliphatic heterocycles. The molecule has 0 saturated heterocycles. The molecular weight excluding hydrogens is 477 g/mol. The molecule has 4 rings (SSSR count). The van der Waals surface area contributed by atoms with Crippen LogP contribution < -0.4 is 16.6 Å². The van der Waals surface area contributed by atoms with Crippen LogP contribution in [-0.4, -0.2) is 15.0 Å². The van der Waals surface area contributed by atoms with Gasteiger partial charge in [-0.15, -0.1) is 0 Å². The Morgan fingerprint density at radius 1 is 1.00 bits per heavy atom. The van der Waals surface area contributed by atoms with Gasteiger partial charge in [0.1, 0.15) is 12.4 Å². The fraction of sp³-hybridized carbons (Fsp3) is 0.125. The molecule has 0 spiro atoms. The van der Waals surface area contributed by atoms with Gasteiger partial charge in [-0.05, 0) is 42.8 Å². The van der Waals surface area contributed by atoms with Crippen molar-refractivity contribution < 1.29 is 9.18 Å². The first kappa shape index (κ1) is 21.7. The van der Waals surface area contributed by atoms with E-state index in [0.29, 0.717) is 15.4 Å². The number of benzene rings is 3. The first-order valence-electron chi connectivity index (χ1n) is 9.86. The second-order valence-corrected chi connectivity index (χ2v) is 8.35. The average Bonchev–Trinajstić information content (AvgIpc) is 2.77. The molecule has 0 radical (unpaired) electrons. The number of rotatable bonds is 5. The normalized spacial score (nSPS) is 11.0. The lowest BCUT2D eigenvalue weighted by atomic mass is 10.1. The number of hydrogen-bond donors (Lipinski definition) is 1. The highest BCUT2D eigenvalue weighted by Crippen LogP contribution is 2.19. The number of para-hydroxylation sites is 1. The van der Waals surface area contributed by atoms with Crippen LogP contribution in [0.2, 0.25) is 0 Å². The van der Waals surface area contributed by atoms with E-state index < -0.39 is 23.0 Å². The Balaban J connectivity index is 1.74. The van der Waals surface area contributed by atoms with Crippen molar-refractivity contribution in [2.75, 3.05) is 5.32 Å². The number of carbonyl (C=O) groups is 1. The summed E-state index contributed by atoms with van der Waals surface area (Å²) in [6.07, 6.45) is 0. The van der Waals surface area contributed by atoms with Crippen LogP contribution in [0.25, 0.3) is 10.9 Å². The Kier molecular flexibility index (Phi) is 6.05. The Bertz CT molecular complexity index is 1440. The first-order valence-corrected chi connectivity index (χ1v) is 10.7. The van der Waals surface area contributed by atoms with Gasteiger partial charge < -0.3 is 5.32 Å². The highest BCUT2D eigenvalue weighted by molar-refractivity contribution is 9.10. The van der Waals surface area contributed by atoms with Gasteiger partial charge >= 0.3 is 5.69 Å². The molecule has 1 heterocycles. The van der Waals surface area contributed by atoms with Gasteiger partial charge in [-0.2, -0.15) is 0 Å². The fourth-order valence-electron chi connectivity index (χ4n) is 3.46. The highest BCUT2D eigenvalue weighted by Gasteiger charge is 2.16. The van der Waals surface area contributed by atoms with Crippen LogP contribution in [0.4, 0.5) is 10.1 Å². The quantitative estimate of drug-likeness (QED) is 0.453. The smallest absolute Gasteiger partial charge is 0.322 e. The number of aromatic nitrogens is 2. The van der Waals surface area contributed by atoms with Crippen LogP contribution >= 0.6 is 15.9 Å². The predicted molar refractivity (Wildman–Crippen MR) is 125 cm³/mol. The van der Waals surface area contributed by atoms with Crippen LogP contribution in [0.3, 0.4) is 0 Å². The number of hydrogen-bond acceptors (Lipinski definition) is 3. The Morgan fingerprint density at radius 3 is 2.44 bits per heavy atom. The first-order chi connectivity index (χ1) is 15.3. The lowest BCUT2D eigenvalue weighted by molar-refractivity contribution is -0.116. The molecule has 162 valence electrons. The number of fused-ring (bicyclic) bond motifs is 1. The number of halogens is 2. The third-order valence-corrected chi connectivity index (χ3v) is 5.59. The van der Waals surface area contributed by atoms with E-state index in [-0.39, 0.29) is 18.8 Å². The van der Waals surface area contributed by atoms with Gasteiger partial charge in [0, 0.05) is 4.47 Å². The molecule has 3 aromatic carbocycles. The van der Waals surface area contributed by atoms with Crippen LogP contribution in [0.15, 0.2) is 80.8 Å². The summed E-state index contributed by atoms with van der Waals surface area (Å²) < 4.78 is 17.0. The molecule has 1 aromatic heterocycles. The fourth-order valence-corrected chi connectivity index (χ4v) is 3.80. The van der Waals surface area contributed by atoms with E-state index in [9.17, 15) is 18.8 Å².